The van der Waals surface area contributed by atoms with E-state index in [-0.39, 0.29) is 27.4 Å². The van der Waals surface area contributed by atoms with E-state index < -0.39 is 17.4 Å². The Labute approximate surface area is 171 Å². The van der Waals surface area contributed by atoms with Crippen molar-refractivity contribution in [3.8, 4) is 0 Å². The maximum absolute atomic E-state index is 14.5. The Kier molecular flexibility index (Phi) is 4.35. The van der Waals surface area contributed by atoms with Gasteiger partial charge in [-0.25, -0.2) is 19.2 Å². The van der Waals surface area contributed by atoms with Gasteiger partial charge >= 0.3 is 6.09 Å². The second-order valence-electron chi connectivity index (χ2n) is 8.45. The van der Waals surface area contributed by atoms with Gasteiger partial charge in [-0.1, -0.05) is 32.4 Å². The highest BCUT2D eigenvalue weighted by Crippen LogP contribution is 2.50. The summed E-state index contributed by atoms with van der Waals surface area (Å²) in [5.41, 5.74) is -0.893. The van der Waals surface area contributed by atoms with Crippen LogP contribution in [0.25, 0.3) is 10.9 Å². The van der Waals surface area contributed by atoms with Crippen LogP contribution in [0.2, 0.25) is 10.4 Å². The summed E-state index contributed by atoms with van der Waals surface area (Å²) in [6.45, 7) is 6.99. The van der Waals surface area contributed by atoms with E-state index in [9.17, 15) is 14.3 Å². The van der Waals surface area contributed by atoms with Crippen molar-refractivity contribution in [3.05, 3.63) is 22.5 Å². The normalized spacial score (nSPS) is 24.9. The molecule has 1 N–H and O–H groups in total. The lowest BCUT2D eigenvalue weighted by Gasteiger charge is -2.54. The number of pyridine rings is 1. The van der Waals surface area contributed by atoms with Crippen LogP contribution in [0.1, 0.15) is 33.6 Å². The predicted octanol–water partition coefficient (Wildman–Crippen LogP) is 4.22. The molecule has 2 aliphatic heterocycles. The maximum atomic E-state index is 14.5. The SMILES string of the molecule is CC(C)(C)C12CCC(CN(c3nc(Cl)nc4c(F)c(Cl)ncc34)C1)N2C(=O)O. The average Bonchev–Trinajstić information content (AvgIpc) is 2.86. The zero-order chi connectivity index (χ0) is 20.4. The number of aromatic nitrogens is 3. The lowest BCUT2D eigenvalue weighted by Crippen LogP contribution is -2.68. The number of hydrogen-bond donors (Lipinski definition) is 1. The number of carboxylic acid groups (broad SMARTS) is 1. The number of anilines is 1. The second-order valence-corrected chi connectivity index (χ2v) is 9.14. The van der Waals surface area contributed by atoms with Gasteiger partial charge in [-0.2, -0.15) is 4.98 Å². The van der Waals surface area contributed by atoms with Crippen LogP contribution in [-0.2, 0) is 0 Å². The Morgan fingerprint density at radius 3 is 2.71 bits per heavy atom. The van der Waals surface area contributed by atoms with Crippen molar-refractivity contribution in [2.45, 2.75) is 45.2 Å². The van der Waals surface area contributed by atoms with Gasteiger partial charge in [0.05, 0.1) is 17.0 Å². The van der Waals surface area contributed by atoms with E-state index in [1.54, 1.807) is 4.90 Å². The van der Waals surface area contributed by atoms with Crippen LogP contribution in [0.3, 0.4) is 0 Å². The first-order valence-corrected chi connectivity index (χ1v) is 9.75. The standard InChI is InChI=1S/C18H20Cl2FN5O2/c1-17(2,3)18-5-4-9(26(18)16(27)28)7-25(8-18)14-10-6-22-13(19)11(21)12(10)23-15(20)24-14/h6,9H,4-5,7-8H2,1-3H3,(H,27,28). The van der Waals surface area contributed by atoms with Crippen molar-refractivity contribution in [2.75, 3.05) is 18.0 Å². The molecule has 0 aliphatic carbocycles. The minimum atomic E-state index is -0.915. The van der Waals surface area contributed by atoms with Crippen LogP contribution < -0.4 is 4.90 Å². The summed E-state index contributed by atoms with van der Waals surface area (Å²) in [6.07, 6.45) is 2.03. The molecule has 0 spiro atoms. The van der Waals surface area contributed by atoms with Crippen LogP contribution in [0.4, 0.5) is 15.0 Å². The van der Waals surface area contributed by atoms with E-state index in [0.29, 0.717) is 24.3 Å². The van der Waals surface area contributed by atoms with Crippen molar-refractivity contribution >= 4 is 46.0 Å². The highest BCUT2D eigenvalue weighted by atomic mass is 35.5. The fourth-order valence-corrected chi connectivity index (χ4v) is 4.98. The van der Waals surface area contributed by atoms with Gasteiger partial charge in [0.15, 0.2) is 11.0 Å². The molecule has 2 fully saturated rings. The van der Waals surface area contributed by atoms with Crippen LogP contribution >= 0.6 is 23.2 Å². The molecule has 0 aromatic carbocycles. The van der Waals surface area contributed by atoms with Gasteiger partial charge in [-0.05, 0) is 29.9 Å². The molecule has 2 aromatic heterocycles. The van der Waals surface area contributed by atoms with Crippen molar-refractivity contribution in [2.24, 2.45) is 5.41 Å². The van der Waals surface area contributed by atoms with E-state index in [4.69, 9.17) is 23.2 Å². The molecule has 2 bridgehead atoms. The number of halogens is 3. The van der Waals surface area contributed by atoms with E-state index in [0.717, 1.165) is 12.8 Å². The molecule has 2 unspecified atom stereocenters. The third-order valence-electron chi connectivity index (χ3n) is 6.10. The summed E-state index contributed by atoms with van der Waals surface area (Å²) in [7, 11) is 0. The second kappa shape index (κ2) is 6.29. The van der Waals surface area contributed by atoms with E-state index in [2.05, 4.69) is 15.0 Å². The molecule has 150 valence electrons. The first-order chi connectivity index (χ1) is 13.0. The van der Waals surface area contributed by atoms with Gasteiger partial charge in [0.1, 0.15) is 11.3 Å². The number of piperazine rings is 1. The molecule has 4 heterocycles. The molecule has 10 heteroatoms. The Morgan fingerprint density at radius 1 is 1.36 bits per heavy atom. The van der Waals surface area contributed by atoms with Crippen LogP contribution in [-0.4, -0.2) is 55.7 Å². The Balaban J connectivity index is 1.86. The quantitative estimate of drug-likeness (QED) is 0.541. The van der Waals surface area contributed by atoms with Crippen LogP contribution in [0, 0.1) is 11.2 Å². The molecular weight excluding hydrogens is 408 g/mol. The first kappa shape index (κ1) is 19.4. The molecule has 0 saturated carbocycles. The average molecular weight is 428 g/mol. The number of nitrogens with zero attached hydrogens (tertiary/aromatic N) is 5. The van der Waals surface area contributed by atoms with Gasteiger partial charge in [-0.3, -0.25) is 4.90 Å². The molecule has 28 heavy (non-hydrogen) atoms. The first-order valence-electron chi connectivity index (χ1n) is 8.99. The number of fused-ring (bicyclic) bond motifs is 3. The van der Waals surface area contributed by atoms with Crippen molar-refractivity contribution < 1.29 is 14.3 Å². The van der Waals surface area contributed by atoms with Gasteiger partial charge < -0.3 is 10.0 Å². The molecular formula is C18H20Cl2FN5O2. The van der Waals surface area contributed by atoms with Crippen LogP contribution in [0.15, 0.2) is 6.20 Å². The largest absolute Gasteiger partial charge is 0.465 e. The molecule has 2 saturated heterocycles. The predicted molar refractivity (Wildman–Crippen MR) is 105 cm³/mol. The topological polar surface area (TPSA) is 82.5 Å². The summed E-state index contributed by atoms with van der Waals surface area (Å²) in [5, 5.41) is 9.90. The minimum absolute atomic E-state index is 0.00724. The molecule has 4 rings (SSSR count). The van der Waals surface area contributed by atoms with Gasteiger partial charge in [0.25, 0.3) is 0 Å². The lowest BCUT2D eigenvalue weighted by atomic mass is 9.71. The third-order valence-corrected chi connectivity index (χ3v) is 6.53. The molecule has 2 aliphatic rings. The van der Waals surface area contributed by atoms with E-state index in [1.165, 1.54) is 6.20 Å². The Hall–Kier alpha value is -1.93. The fourth-order valence-electron chi connectivity index (χ4n) is 4.68. The fraction of sp³-hybridized carbons (Fsp3) is 0.556. The third kappa shape index (κ3) is 2.69. The summed E-state index contributed by atoms with van der Waals surface area (Å²) < 4.78 is 14.5. The lowest BCUT2D eigenvalue weighted by molar-refractivity contribution is 0.00532. The van der Waals surface area contributed by atoms with Crippen molar-refractivity contribution in [1.82, 2.24) is 19.9 Å². The Bertz CT molecular complexity index is 983. The van der Waals surface area contributed by atoms with Crippen LogP contribution in [0.5, 0.6) is 0 Å². The zero-order valence-electron chi connectivity index (χ0n) is 15.7. The zero-order valence-corrected chi connectivity index (χ0v) is 17.2. The number of carbonyl (C=O) groups is 1. The molecule has 7 nitrogen and oxygen atoms in total. The highest BCUT2D eigenvalue weighted by molar-refractivity contribution is 6.30. The van der Waals surface area contributed by atoms with Gasteiger partial charge in [-0.15, -0.1) is 0 Å². The maximum Gasteiger partial charge on any atom is 0.408 e. The molecule has 2 aromatic rings. The minimum Gasteiger partial charge on any atom is -0.465 e. The number of amides is 1. The summed E-state index contributed by atoms with van der Waals surface area (Å²) in [6, 6.07) is -0.181. The molecule has 2 atom stereocenters. The van der Waals surface area contributed by atoms with Gasteiger partial charge in [0, 0.05) is 19.3 Å². The summed E-state index contributed by atoms with van der Waals surface area (Å²) in [4.78, 5) is 27.8. The number of hydrogen-bond acceptors (Lipinski definition) is 5. The highest BCUT2D eigenvalue weighted by Gasteiger charge is 2.59. The number of rotatable bonds is 1. The van der Waals surface area contributed by atoms with E-state index >= 15 is 0 Å². The summed E-state index contributed by atoms with van der Waals surface area (Å²) >= 11 is 11.9. The van der Waals surface area contributed by atoms with Crippen molar-refractivity contribution in [3.63, 3.8) is 0 Å². The van der Waals surface area contributed by atoms with E-state index in [1.807, 2.05) is 25.7 Å². The Morgan fingerprint density at radius 2 is 2.07 bits per heavy atom. The smallest absolute Gasteiger partial charge is 0.408 e. The monoisotopic (exact) mass is 427 g/mol. The van der Waals surface area contributed by atoms with Crippen molar-refractivity contribution in [1.29, 1.82) is 0 Å². The summed E-state index contributed by atoms with van der Waals surface area (Å²) in [5.74, 6) is -0.300. The molecule has 1 amide bonds. The van der Waals surface area contributed by atoms with Gasteiger partial charge in [0.2, 0.25) is 5.28 Å². The molecule has 0 radical (unpaired) electrons.